The van der Waals surface area contributed by atoms with Crippen LogP contribution in [0.25, 0.3) is 22.2 Å². The van der Waals surface area contributed by atoms with Crippen LogP contribution in [0.2, 0.25) is 0 Å². The van der Waals surface area contributed by atoms with Crippen molar-refractivity contribution >= 4 is 33.6 Å². The highest BCUT2D eigenvalue weighted by atomic mass is 32.1. The number of fused-ring (bicyclic) bond motifs is 1. The number of rotatable bonds is 4. The second-order valence-corrected chi connectivity index (χ2v) is 6.21. The summed E-state index contributed by atoms with van der Waals surface area (Å²) in [5.41, 5.74) is 6.03. The molecule has 0 spiro atoms. The molecule has 0 saturated heterocycles. The summed E-state index contributed by atoms with van der Waals surface area (Å²) in [7, 11) is 0. The Labute approximate surface area is 148 Å². The van der Waals surface area contributed by atoms with Crippen LogP contribution in [-0.2, 0) is 0 Å². The molecule has 0 unspecified atom stereocenters. The normalized spacial score (nSPS) is 11.2. The molecule has 0 radical (unpaired) electrons. The largest absolute Gasteiger partial charge is 0.505 e. The maximum absolute atomic E-state index is 10.3. The molecule has 6 heteroatoms. The van der Waals surface area contributed by atoms with E-state index >= 15 is 0 Å². The van der Waals surface area contributed by atoms with Gasteiger partial charge in [-0.2, -0.15) is 5.10 Å². The van der Waals surface area contributed by atoms with Crippen LogP contribution in [0.15, 0.2) is 71.3 Å². The van der Waals surface area contributed by atoms with E-state index in [9.17, 15) is 5.11 Å². The lowest BCUT2D eigenvalue weighted by Crippen LogP contribution is -1.91. The van der Waals surface area contributed by atoms with Gasteiger partial charge >= 0.3 is 0 Å². The SMILES string of the molecule is Oc1c(C=NNc2nc(-c3ccccc3)cs2)ccc2cccnc12. The number of anilines is 1. The first-order valence-corrected chi connectivity index (χ1v) is 8.56. The lowest BCUT2D eigenvalue weighted by molar-refractivity contribution is 0.479. The van der Waals surface area contributed by atoms with Crippen molar-refractivity contribution in [1.82, 2.24) is 9.97 Å². The fraction of sp³-hybridized carbons (Fsp3) is 0. The highest BCUT2D eigenvalue weighted by molar-refractivity contribution is 7.14. The number of phenolic OH excluding ortho intramolecular Hbond substituents is 1. The van der Waals surface area contributed by atoms with E-state index in [0.29, 0.717) is 16.2 Å². The first-order chi connectivity index (χ1) is 12.3. The number of aromatic nitrogens is 2. The van der Waals surface area contributed by atoms with Gasteiger partial charge in [-0.25, -0.2) is 4.98 Å². The van der Waals surface area contributed by atoms with E-state index in [0.717, 1.165) is 16.6 Å². The van der Waals surface area contributed by atoms with Crippen LogP contribution in [0, 0.1) is 0 Å². The molecule has 4 aromatic rings. The van der Waals surface area contributed by atoms with Crippen LogP contribution in [-0.4, -0.2) is 21.3 Å². The molecule has 25 heavy (non-hydrogen) atoms. The predicted molar refractivity (Wildman–Crippen MR) is 102 cm³/mol. The molecule has 4 rings (SSSR count). The Bertz CT molecular complexity index is 1040. The Balaban J connectivity index is 1.52. The Kier molecular flexibility index (Phi) is 4.10. The monoisotopic (exact) mass is 346 g/mol. The molecule has 2 aromatic heterocycles. The van der Waals surface area contributed by atoms with Gasteiger partial charge in [0.25, 0.3) is 0 Å². The van der Waals surface area contributed by atoms with Gasteiger partial charge in [-0.1, -0.05) is 42.5 Å². The van der Waals surface area contributed by atoms with Crippen molar-refractivity contribution in [2.75, 3.05) is 5.43 Å². The average Bonchev–Trinajstić information content (AvgIpc) is 3.13. The summed E-state index contributed by atoms with van der Waals surface area (Å²) in [5, 5.41) is 18.0. The van der Waals surface area contributed by atoms with Gasteiger partial charge in [-0.3, -0.25) is 10.4 Å². The lowest BCUT2D eigenvalue weighted by atomic mass is 10.1. The van der Waals surface area contributed by atoms with Gasteiger partial charge in [-0.05, 0) is 12.1 Å². The molecule has 0 saturated carbocycles. The van der Waals surface area contributed by atoms with Gasteiger partial charge in [0.15, 0.2) is 5.75 Å². The first kappa shape index (κ1) is 15.3. The van der Waals surface area contributed by atoms with Crippen LogP contribution >= 0.6 is 11.3 Å². The molecule has 2 heterocycles. The van der Waals surface area contributed by atoms with E-state index in [1.165, 1.54) is 11.3 Å². The molecule has 0 aliphatic carbocycles. The van der Waals surface area contributed by atoms with Crippen molar-refractivity contribution in [3.05, 3.63) is 71.7 Å². The van der Waals surface area contributed by atoms with Crippen molar-refractivity contribution in [3.8, 4) is 17.0 Å². The van der Waals surface area contributed by atoms with E-state index in [-0.39, 0.29) is 5.75 Å². The third kappa shape index (κ3) is 3.20. The van der Waals surface area contributed by atoms with Gasteiger partial charge in [0.2, 0.25) is 5.13 Å². The summed E-state index contributed by atoms with van der Waals surface area (Å²) in [6, 6.07) is 17.4. The summed E-state index contributed by atoms with van der Waals surface area (Å²) < 4.78 is 0. The number of hydrogen-bond acceptors (Lipinski definition) is 6. The van der Waals surface area contributed by atoms with Crippen LogP contribution in [0.1, 0.15) is 5.56 Å². The van der Waals surface area contributed by atoms with E-state index in [2.05, 4.69) is 20.5 Å². The summed E-state index contributed by atoms with van der Waals surface area (Å²) in [6.07, 6.45) is 3.22. The molecular formula is C19H14N4OS. The fourth-order valence-electron chi connectivity index (χ4n) is 2.47. The number of phenols is 1. The van der Waals surface area contributed by atoms with Crippen molar-refractivity contribution in [3.63, 3.8) is 0 Å². The van der Waals surface area contributed by atoms with Crippen LogP contribution in [0.5, 0.6) is 5.75 Å². The van der Waals surface area contributed by atoms with E-state index in [1.807, 2.05) is 60.0 Å². The zero-order valence-electron chi connectivity index (χ0n) is 13.1. The van der Waals surface area contributed by atoms with Gasteiger partial charge in [0.05, 0.1) is 11.9 Å². The zero-order valence-corrected chi connectivity index (χ0v) is 13.9. The number of nitrogens with one attached hydrogen (secondary N) is 1. The number of pyridine rings is 1. The van der Waals surface area contributed by atoms with Gasteiger partial charge in [0, 0.05) is 28.1 Å². The molecule has 5 nitrogen and oxygen atoms in total. The lowest BCUT2D eigenvalue weighted by Gasteiger charge is -2.03. The topological polar surface area (TPSA) is 70.4 Å². The van der Waals surface area contributed by atoms with Gasteiger partial charge in [0.1, 0.15) is 5.52 Å². The smallest absolute Gasteiger partial charge is 0.203 e. The van der Waals surface area contributed by atoms with Crippen LogP contribution in [0.4, 0.5) is 5.13 Å². The Hall–Kier alpha value is -3.25. The second kappa shape index (κ2) is 6.70. The third-order valence-electron chi connectivity index (χ3n) is 3.72. The minimum Gasteiger partial charge on any atom is -0.505 e. The average molecular weight is 346 g/mol. The van der Waals surface area contributed by atoms with Crippen LogP contribution < -0.4 is 5.43 Å². The number of nitrogens with zero attached hydrogens (tertiary/aromatic N) is 3. The summed E-state index contributed by atoms with van der Waals surface area (Å²) in [4.78, 5) is 8.71. The molecule has 0 atom stereocenters. The highest BCUT2D eigenvalue weighted by Crippen LogP contribution is 2.26. The van der Waals surface area contributed by atoms with E-state index in [1.54, 1.807) is 12.4 Å². The minimum absolute atomic E-state index is 0.118. The number of thiazole rings is 1. The molecular weight excluding hydrogens is 332 g/mol. The second-order valence-electron chi connectivity index (χ2n) is 5.35. The number of hydrazone groups is 1. The van der Waals surface area contributed by atoms with Gasteiger partial charge < -0.3 is 5.11 Å². The number of benzene rings is 2. The van der Waals surface area contributed by atoms with E-state index < -0.39 is 0 Å². The molecule has 122 valence electrons. The third-order valence-corrected chi connectivity index (χ3v) is 4.46. The summed E-state index contributed by atoms with van der Waals surface area (Å²) in [6.45, 7) is 0. The quantitative estimate of drug-likeness (QED) is 0.421. The Morgan fingerprint density at radius 1 is 1.04 bits per heavy atom. The zero-order chi connectivity index (χ0) is 17.1. The molecule has 0 aliphatic heterocycles. The number of hydrogen-bond donors (Lipinski definition) is 2. The summed E-state index contributed by atoms with van der Waals surface area (Å²) >= 11 is 1.48. The maximum atomic E-state index is 10.3. The first-order valence-electron chi connectivity index (χ1n) is 7.68. The van der Waals surface area contributed by atoms with E-state index in [4.69, 9.17) is 0 Å². The van der Waals surface area contributed by atoms with Crippen molar-refractivity contribution in [2.45, 2.75) is 0 Å². The molecule has 0 aliphatic rings. The van der Waals surface area contributed by atoms with Crippen molar-refractivity contribution in [1.29, 1.82) is 0 Å². The Morgan fingerprint density at radius 2 is 1.92 bits per heavy atom. The Morgan fingerprint density at radius 3 is 2.80 bits per heavy atom. The predicted octanol–water partition coefficient (Wildman–Crippen LogP) is 4.51. The van der Waals surface area contributed by atoms with Crippen molar-refractivity contribution < 1.29 is 5.11 Å². The van der Waals surface area contributed by atoms with Crippen molar-refractivity contribution in [2.24, 2.45) is 5.10 Å². The minimum atomic E-state index is 0.118. The molecule has 0 amide bonds. The fourth-order valence-corrected chi connectivity index (χ4v) is 3.14. The van der Waals surface area contributed by atoms with Crippen LogP contribution in [0.3, 0.4) is 0 Å². The maximum Gasteiger partial charge on any atom is 0.203 e. The molecule has 2 aromatic carbocycles. The van der Waals surface area contributed by atoms with Gasteiger partial charge in [-0.15, -0.1) is 11.3 Å². The molecule has 2 N–H and O–H groups in total. The highest BCUT2D eigenvalue weighted by Gasteiger charge is 2.06. The number of aromatic hydroxyl groups is 1. The molecule has 0 bridgehead atoms. The standard InChI is InChI=1S/C19H14N4OS/c24-18-15(9-8-14-7-4-10-20-17(14)18)11-21-23-19-22-16(12-25-19)13-5-2-1-3-6-13/h1-12,24H,(H,22,23). The summed E-state index contributed by atoms with van der Waals surface area (Å²) in [5.74, 6) is 0.118. The molecule has 0 fully saturated rings.